The molecule has 0 saturated carbocycles. The van der Waals surface area contributed by atoms with Crippen LogP contribution in [0.2, 0.25) is 0 Å². The minimum absolute atomic E-state index is 0.134. The Hall–Kier alpha value is -2.44. The van der Waals surface area contributed by atoms with Crippen molar-refractivity contribution in [3.63, 3.8) is 0 Å². The predicted octanol–water partition coefficient (Wildman–Crippen LogP) is 18.7. The van der Waals surface area contributed by atoms with Gasteiger partial charge in [0.2, 0.25) is 0 Å². The van der Waals surface area contributed by atoms with E-state index in [0.717, 1.165) is 0 Å². The van der Waals surface area contributed by atoms with Crippen molar-refractivity contribution in [2.24, 2.45) is 0 Å². The van der Waals surface area contributed by atoms with E-state index in [1.807, 2.05) is 0 Å². The van der Waals surface area contributed by atoms with Crippen LogP contribution in [-0.4, -0.2) is 0 Å². The first-order valence-corrected chi connectivity index (χ1v) is 27.9. The maximum atomic E-state index is 4.93. The van der Waals surface area contributed by atoms with E-state index < -0.39 is 20.8 Å². The fourth-order valence-electron chi connectivity index (χ4n) is 7.40. The molecule has 6 aromatic carbocycles. The van der Waals surface area contributed by atoms with Gasteiger partial charge in [-0.1, -0.05) is 184 Å². The second kappa shape index (κ2) is 20.2. The maximum absolute atomic E-state index is 4.93. The normalized spacial score (nSPS) is 12.2. The molecule has 0 spiro atoms. The summed E-state index contributed by atoms with van der Waals surface area (Å²) < 4.78 is 0. The summed E-state index contributed by atoms with van der Waals surface area (Å²) >= 11 is -0.826. The molecule has 0 bridgehead atoms. The van der Waals surface area contributed by atoms with Gasteiger partial charge in [0.25, 0.3) is 0 Å². The van der Waals surface area contributed by atoms with Crippen molar-refractivity contribution in [3.05, 3.63) is 136 Å². The van der Waals surface area contributed by atoms with Crippen LogP contribution in [0.3, 0.4) is 0 Å². The summed E-state index contributed by atoms with van der Waals surface area (Å²) in [7, 11) is 9.87. The number of hydrogen-bond donors (Lipinski definition) is 0. The summed E-state index contributed by atoms with van der Waals surface area (Å²) in [5, 5.41) is 5.58. The Balaban J connectivity index is 0.000000285. The van der Waals surface area contributed by atoms with Gasteiger partial charge in [0.1, 0.15) is 0 Å². The Morgan fingerprint density at radius 1 is 0.458 bits per heavy atom. The molecule has 0 aliphatic carbocycles. The van der Waals surface area contributed by atoms with E-state index in [2.05, 4.69) is 216 Å². The third-order valence-corrected chi connectivity index (χ3v) is 11.5. The van der Waals surface area contributed by atoms with Crippen molar-refractivity contribution in [1.29, 1.82) is 0 Å². The Bertz CT molecular complexity index is 2070. The van der Waals surface area contributed by atoms with E-state index in [-0.39, 0.29) is 21.7 Å². The standard InChI is InChI=1S/2C27H35.C2H5.2ClH.Zr/c2*1-17(2)19-14-24-18(3)10-11-23(25(24)15-19)20-12-21(26(4,5)6)16-22(13-20)27(7,8)9;1-2;;;/h2*10-17H,1-9H3;1H2,2H3;2*1H;/q3*-1;;;+2/p-2. The molecule has 320 valence electrons. The van der Waals surface area contributed by atoms with Crippen molar-refractivity contribution >= 4 is 38.6 Å². The summed E-state index contributed by atoms with van der Waals surface area (Å²) in [5.74, 6) is 1.10. The molecule has 0 aliphatic rings. The quantitative estimate of drug-likeness (QED) is 0.155. The van der Waals surface area contributed by atoms with Crippen LogP contribution in [0.5, 0.6) is 0 Å². The molecule has 3 heteroatoms. The van der Waals surface area contributed by atoms with Crippen LogP contribution in [-0.2, 0) is 42.5 Å². The molecule has 0 radical (unpaired) electrons. The molecule has 0 fully saturated rings. The van der Waals surface area contributed by atoms with Crippen molar-refractivity contribution < 1.29 is 20.8 Å². The molecule has 0 atom stereocenters. The average Bonchev–Trinajstić information content (AvgIpc) is 3.80. The monoisotopic (exact) mass is 907 g/mol. The van der Waals surface area contributed by atoms with Crippen LogP contribution in [0, 0.1) is 20.8 Å². The molecule has 0 amide bonds. The van der Waals surface area contributed by atoms with Gasteiger partial charge in [0.05, 0.1) is 0 Å². The summed E-state index contributed by atoms with van der Waals surface area (Å²) in [6.45, 7) is 46.3. The summed E-state index contributed by atoms with van der Waals surface area (Å²) in [6.07, 6.45) is 0. The molecular weight excluding hydrogens is 835 g/mol. The molecule has 0 unspecified atom stereocenters. The number of aryl methyl sites for hydroxylation is 2. The van der Waals surface area contributed by atoms with Gasteiger partial charge >= 0.3 is 37.9 Å². The molecule has 0 N–H and O–H groups in total. The van der Waals surface area contributed by atoms with Crippen molar-refractivity contribution in [2.45, 2.75) is 165 Å². The van der Waals surface area contributed by atoms with Crippen LogP contribution in [0.1, 0.15) is 174 Å². The molecule has 0 aliphatic heterocycles. The zero-order valence-corrected chi connectivity index (χ0v) is 44.2. The van der Waals surface area contributed by atoms with Gasteiger partial charge in [-0.3, -0.25) is 0 Å². The van der Waals surface area contributed by atoms with Crippen LogP contribution >= 0.6 is 17.0 Å². The zero-order chi connectivity index (χ0) is 45.0. The van der Waals surface area contributed by atoms with Gasteiger partial charge in [0, 0.05) is 0 Å². The summed E-state index contributed by atoms with van der Waals surface area (Å²) in [4.78, 5) is 0. The summed E-state index contributed by atoms with van der Waals surface area (Å²) in [5.41, 5.74) is 17.2. The van der Waals surface area contributed by atoms with Crippen molar-refractivity contribution in [2.75, 3.05) is 0 Å². The molecule has 59 heavy (non-hydrogen) atoms. The number of hydrogen-bond acceptors (Lipinski definition) is 0. The zero-order valence-electron chi connectivity index (χ0n) is 40.2. The first-order chi connectivity index (χ1) is 27.2. The Kier molecular flexibility index (Phi) is 17.4. The third kappa shape index (κ3) is 12.8. The number of rotatable bonds is 4. The fourth-order valence-corrected chi connectivity index (χ4v) is 7.40. The number of benzene rings is 4. The molecule has 0 heterocycles. The molecule has 6 aromatic rings. The van der Waals surface area contributed by atoms with E-state index in [0.29, 0.717) is 11.8 Å². The first kappa shape index (κ1) is 50.9. The molecule has 6 rings (SSSR count). The van der Waals surface area contributed by atoms with Crippen molar-refractivity contribution in [3.8, 4) is 22.3 Å². The van der Waals surface area contributed by atoms with E-state index in [1.165, 1.54) is 88.3 Å². The second-order valence-electron chi connectivity index (χ2n) is 21.1. The van der Waals surface area contributed by atoms with Crippen LogP contribution < -0.4 is 0 Å². The van der Waals surface area contributed by atoms with Gasteiger partial charge < -0.3 is 6.92 Å². The Labute approximate surface area is 380 Å². The van der Waals surface area contributed by atoms with E-state index in [4.69, 9.17) is 17.0 Å². The van der Waals surface area contributed by atoms with Crippen LogP contribution in [0.15, 0.2) is 84.9 Å². The predicted molar refractivity (Wildman–Crippen MR) is 265 cm³/mol. The topological polar surface area (TPSA) is 0 Å². The van der Waals surface area contributed by atoms with Gasteiger partial charge in [-0.15, -0.1) is 68.1 Å². The van der Waals surface area contributed by atoms with Gasteiger partial charge in [-0.05, 0) is 66.9 Å². The Morgan fingerprint density at radius 2 is 0.712 bits per heavy atom. The number of fused-ring (bicyclic) bond motifs is 2. The van der Waals surface area contributed by atoms with Gasteiger partial charge in [-0.25, -0.2) is 0 Å². The molecule has 0 aromatic heterocycles. The van der Waals surface area contributed by atoms with E-state index >= 15 is 0 Å². The molecule has 0 saturated heterocycles. The third-order valence-electron chi connectivity index (χ3n) is 11.5. The molecular formula is C56H75Cl2Zr-3. The van der Waals surface area contributed by atoms with Crippen molar-refractivity contribution in [1.82, 2.24) is 0 Å². The fraction of sp³-hybridized carbons (Fsp3) is 0.446. The first-order valence-electron chi connectivity index (χ1n) is 21.6. The molecule has 0 nitrogen and oxygen atoms in total. The van der Waals surface area contributed by atoms with Gasteiger partial charge in [-0.2, -0.15) is 19.1 Å². The second-order valence-corrected chi connectivity index (χ2v) is 24.8. The van der Waals surface area contributed by atoms with Crippen LogP contribution in [0.25, 0.3) is 43.8 Å². The minimum atomic E-state index is -0.826. The van der Waals surface area contributed by atoms with E-state index in [1.54, 1.807) is 6.92 Å². The summed E-state index contributed by atoms with van der Waals surface area (Å²) in [6, 6.07) is 33.2. The SMILES string of the molecule is Cc1ccc(-c2cc(C(C)(C)C)cc(C(C)(C)C)c2)c2cc(C(C)C)[cH-]c12.Cc1ccc(-c2cc(C(C)(C)C)cc(C(C)(C)C)c2)c2cc(C(C)C)[cH-]c12.[CH2-]C.[Cl][Zr][Cl]. The average molecular weight is 910 g/mol. The van der Waals surface area contributed by atoms with Crippen LogP contribution in [0.4, 0.5) is 0 Å². The van der Waals surface area contributed by atoms with Gasteiger partial charge in [0.15, 0.2) is 0 Å². The Morgan fingerprint density at radius 3 is 0.932 bits per heavy atom. The van der Waals surface area contributed by atoms with E-state index in [9.17, 15) is 0 Å². The number of halogens is 2.